The lowest BCUT2D eigenvalue weighted by Gasteiger charge is -2.31. The topological polar surface area (TPSA) is 52.6 Å². The maximum Gasteiger partial charge on any atom is 0.317 e. The normalized spacial score (nSPS) is 22.1. The Balaban J connectivity index is 1.95. The SMILES string of the molecule is CC(O)CN(C(=O)NC1CCCC1Cc1ccccc1)C(C)C. The van der Waals surface area contributed by atoms with Gasteiger partial charge in [-0.2, -0.15) is 0 Å². The van der Waals surface area contributed by atoms with Crippen LogP contribution in [0.3, 0.4) is 0 Å². The summed E-state index contributed by atoms with van der Waals surface area (Å²) in [4.78, 5) is 14.3. The van der Waals surface area contributed by atoms with Crippen LogP contribution in [0.4, 0.5) is 4.79 Å². The van der Waals surface area contributed by atoms with E-state index in [0.717, 1.165) is 19.3 Å². The molecule has 0 saturated heterocycles. The highest BCUT2D eigenvalue weighted by Crippen LogP contribution is 2.29. The van der Waals surface area contributed by atoms with Crippen LogP contribution in [0.1, 0.15) is 45.6 Å². The average Bonchev–Trinajstić information content (AvgIpc) is 2.92. The van der Waals surface area contributed by atoms with E-state index in [4.69, 9.17) is 0 Å². The molecule has 2 N–H and O–H groups in total. The Bertz CT molecular complexity index is 487. The van der Waals surface area contributed by atoms with Crippen molar-refractivity contribution in [1.82, 2.24) is 10.2 Å². The molecule has 1 saturated carbocycles. The fourth-order valence-electron chi connectivity index (χ4n) is 3.44. The number of carbonyl (C=O) groups excluding carboxylic acids is 1. The van der Waals surface area contributed by atoms with E-state index in [1.807, 2.05) is 19.9 Å². The van der Waals surface area contributed by atoms with Gasteiger partial charge in [-0.05, 0) is 51.5 Å². The zero-order valence-corrected chi connectivity index (χ0v) is 14.5. The number of nitrogens with zero attached hydrogens (tertiary/aromatic N) is 1. The van der Waals surface area contributed by atoms with Crippen molar-refractivity contribution in [2.45, 2.75) is 64.6 Å². The van der Waals surface area contributed by atoms with Crippen molar-refractivity contribution in [3.05, 3.63) is 35.9 Å². The molecule has 23 heavy (non-hydrogen) atoms. The zero-order valence-electron chi connectivity index (χ0n) is 14.5. The Kier molecular flexibility index (Phi) is 6.46. The summed E-state index contributed by atoms with van der Waals surface area (Å²) in [5, 5.41) is 12.8. The number of carbonyl (C=O) groups is 1. The molecule has 0 aromatic heterocycles. The maximum atomic E-state index is 12.6. The molecular weight excluding hydrogens is 288 g/mol. The molecule has 1 aromatic rings. The smallest absolute Gasteiger partial charge is 0.317 e. The van der Waals surface area contributed by atoms with E-state index < -0.39 is 6.10 Å². The van der Waals surface area contributed by atoms with E-state index in [0.29, 0.717) is 12.5 Å². The van der Waals surface area contributed by atoms with Crippen LogP contribution in [0.2, 0.25) is 0 Å². The standard InChI is InChI=1S/C19H30N2O2/c1-14(2)21(13-15(3)22)19(23)20-18-11-7-10-17(18)12-16-8-5-4-6-9-16/h4-6,8-9,14-15,17-18,22H,7,10-13H2,1-3H3,(H,20,23). The van der Waals surface area contributed by atoms with Gasteiger partial charge in [-0.15, -0.1) is 0 Å². The van der Waals surface area contributed by atoms with Crippen molar-refractivity contribution in [2.24, 2.45) is 5.92 Å². The van der Waals surface area contributed by atoms with Crippen molar-refractivity contribution < 1.29 is 9.90 Å². The number of amides is 2. The second kappa shape index (κ2) is 8.34. The highest BCUT2D eigenvalue weighted by molar-refractivity contribution is 5.75. The van der Waals surface area contributed by atoms with Gasteiger partial charge >= 0.3 is 6.03 Å². The van der Waals surface area contributed by atoms with Gasteiger partial charge in [0.25, 0.3) is 0 Å². The Morgan fingerprint density at radius 2 is 1.96 bits per heavy atom. The Morgan fingerprint density at radius 3 is 2.57 bits per heavy atom. The van der Waals surface area contributed by atoms with E-state index in [9.17, 15) is 9.90 Å². The van der Waals surface area contributed by atoms with Gasteiger partial charge < -0.3 is 15.3 Å². The summed E-state index contributed by atoms with van der Waals surface area (Å²) in [6.07, 6.45) is 3.89. The lowest BCUT2D eigenvalue weighted by molar-refractivity contribution is 0.116. The Labute approximate surface area is 139 Å². The lowest BCUT2D eigenvalue weighted by Crippen LogP contribution is -2.50. The third-order valence-electron chi connectivity index (χ3n) is 4.65. The summed E-state index contributed by atoms with van der Waals surface area (Å²) in [5.74, 6) is 0.502. The molecule has 1 fully saturated rings. The molecule has 3 unspecified atom stereocenters. The minimum absolute atomic E-state index is 0.0501. The molecule has 0 bridgehead atoms. The molecule has 3 atom stereocenters. The minimum atomic E-state index is -0.508. The van der Waals surface area contributed by atoms with Crippen LogP contribution in [0.25, 0.3) is 0 Å². The highest BCUT2D eigenvalue weighted by Gasteiger charge is 2.30. The largest absolute Gasteiger partial charge is 0.392 e. The molecule has 4 nitrogen and oxygen atoms in total. The summed E-state index contributed by atoms with van der Waals surface area (Å²) in [7, 11) is 0. The van der Waals surface area contributed by atoms with Crippen LogP contribution in [0.5, 0.6) is 0 Å². The van der Waals surface area contributed by atoms with Gasteiger partial charge in [0, 0.05) is 18.6 Å². The first-order chi connectivity index (χ1) is 11.0. The van der Waals surface area contributed by atoms with Crippen molar-refractivity contribution >= 4 is 6.03 Å². The predicted octanol–water partition coefficient (Wildman–Crippen LogP) is 3.20. The third-order valence-corrected chi connectivity index (χ3v) is 4.65. The highest BCUT2D eigenvalue weighted by atomic mass is 16.3. The molecule has 2 amide bonds. The Morgan fingerprint density at radius 1 is 1.26 bits per heavy atom. The number of aliphatic hydroxyl groups excluding tert-OH is 1. The molecule has 128 valence electrons. The monoisotopic (exact) mass is 318 g/mol. The van der Waals surface area contributed by atoms with Crippen molar-refractivity contribution in [1.29, 1.82) is 0 Å². The van der Waals surface area contributed by atoms with E-state index in [2.05, 4.69) is 29.6 Å². The number of nitrogens with one attached hydrogen (secondary N) is 1. The van der Waals surface area contributed by atoms with Gasteiger partial charge in [-0.25, -0.2) is 4.79 Å². The molecule has 0 heterocycles. The van der Waals surface area contributed by atoms with Crippen molar-refractivity contribution in [2.75, 3.05) is 6.54 Å². The predicted molar refractivity (Wildman–Crippen MR) is 93.3 cm³/mol. The first-order valence-corrected chi connectivity index (χ1v) is 8.76. The molecule has 1 aliphatic carbocycles. The zero-order chi connectivity index (χ0) is 16.8. The van der Waals surface area contributed by atoms with Gasteiger partial charge in [-0.3, -0.25) is 0 Å². The van der Waals surface area contributed by atoms with Crippen LogP contribution in [-0.2, 0) is 6.42 Å². The van der Waals surface area contributed by atoms with E-state index in [1.165, 1.54) is 12.0 Å². The molecule has 0 radical (unpaired) electrons. The van der Waals surface area contributed by atoms with Crippen LogP contribution >= 0.6 is 0 Å². The number of benzene rings is 1. The molecular formula is C19H30N2O2. The number of urea groups is 1. The van der Waals surface area contributed by atoms with Gasteiger partial charge in [0.05, 0.1) is 6.10 Å². The number of hydrogen-bond donors (Lipinski definition) is 2. The molecule has 1 aliphatic rings. The number of aliphatic hydroxyl groups is 1. The fraction of sp³-hybridized carbons (Fsp3) is 0.632. The van der Waals surface area contributed by atoms with Crippen LogP contribution < -0.4 is 5.32 Å². The van der Waals surface area contributed by atoms with E-state index in [-0.39, 0.29) is 18.1 Å². The number of rotatable bonds is 6. The first kappa shape index (κ1) is 17.8. The minimum Gasteiger partial charge on any atom is -0.392 e. The third kappa shape index (κ3) is 5.24. The maximum absolute atomic E-state index is 12.6. The molecule has 1 aromatic carbocycles. The lowest BCUT2D eigenvalue weighted by atomic mass is 9.95. The van der Waals surface area contributed by atoms with E-state index in [1.54, 1.807) is 11.8 Å². The van der Waals surface area contributed by atoms with Crippen LogP contribution in [-0.4, -0.2) is 40.8 Å². The molecule has 0 spiro atoms. The molecule has 2 rings (SSSR count). The van der Waals surface area contributed by atoms with Crippen LogP contribution in [0, 0.1) is 5.92 Å². The van der Waals surface area contributed by atoms with Crippen molar-refractivity contribution in [3.63, 3.8) is 0 Å². The summed E-state index contributed by atoms with van der Waals surface area (Å²) in [5.41, 5.74) is 1.34. The summed E-state index contributed by atoms with van der Waals surface area (Å²) >= 11 is 0. The summed E-state index contributed by atoms with van der Waals surface area (Å²) in [6.45, 7) is 6.06. The summed E-state index contributed by atoms with van der Waals surface area (Å²) in [6, 6.07) is 10.8. The summed E-state index contributed by atoms with van der Waals surface area (Å²) < 4.78 is 0. The molecule has 4 heteroatoms. The first-order valence-electron chi connectivity index (χ1n) is 8.76. The van der Waals surface area contributed by atoms with E-state index >= 15 is 0 Å². The second-order valence-electron chi connectivity index (χ2n) is 7.03. The second-order valence-corrected chi connectivity index (χ2v) is 7.03. The Hall–Kier alpha value is -1.55. The fourth-order valence-corrected chi connectivity index (χ4v) is 3.44. The van der Waals surface area contributed by atoms with Gasteiger partial charge in [0.1, 0.15) is 0 Å². The van der Waals surface area contributed by atoms with Crippen LogP contribution in [0.15, 0.2) is 30.3 Å². The van der Waals surface area contributed by atoms with Gasteiger partial charge in [0.15, 0.2) is 0 Å². The number of hydrogen-bond acceptors (Lipinski definition) is 2. The van der Waals surface area contributed by atoms with Crippen molar-refractivity contribution in [3.8, 4) is 0 Å². The van der Waals surface area contributed by atoms with Gasteiger partial charge in [0.2, 0.25) is 0 Å². The molecule has 0 aliphatic heterocycles. The quantitative estimate of drug-likeness (QED) is 0.846. The van der Waals surface area contributed by atoms with Gasteiger partial charge in [-0.1, -0.05) is 36.8 Å². The average molecular weight is 318 g/mol.